The zero-order valence-corrected chi connectivity index (χ0v) is 24.9. The minimum Gasteiger partial charge on any atom is -0.352 e. The molecule has 0 radical (unpaired) electrons. The van der Waals surface area contributed by atoms with Crippen LogP contribution in [0.3, 0.4) is 0 Å². The van der Waals surface area contributed by atoms with E-state index >= 15 is 0 Å². The van der Waals surface area contributed by atoms with Crippen LogP contribution in [0.25, 0.3) is 0 Å². The third kappa shape index (κ3) is 7.66. The van der Waals surface area contributed by atoms with E-state index < -0.39 is 28.5 Å². The summed E-state index contributed by atoms with van der Waals surface area (Å²) in [5.74, 6) is -0.994. The standard InChI is InChI=1S/C28H30Cl3N3O4S/c1-4-19(2)32-28(36)20(3)33(17-24-25(30)11-8-12-26(24)31)27(35)18-34(22-9-6-5-7-10-22)39(37,38)23-15-13-21(29)14-16-23/h5-16,19-20H,4,17-18H2,1-3H3,(H,32,36)/t19-,20+/m0/s1. The molecule has 0 unspecified atom stereocenters. The van der Waals surface area contributed by atoms with E-state index in [0.717, 1.165) is 4.31 Å². The smallest absolute Gasteiger partial charge is 0.264 e. The van der Waals surface area contributed by atoms with Gasteiger partial charge in [0.05, 0.1) is 10.6 Å². The van der Waals surface area contributed by atoms with Gasteiger partial charge in [-0.2, -0.15) is 0 Å². The van der Waals surface area contributed by atoms with Crippen molar-refractivity contribution in [2.45, 2.75) is 50.7 Å². The second kappa shape index (κ2) is 13.5. The molecule has 0 aliphatic rings. The Morgan fingerprint density at radius 2 is 1.46 bits per heavy atom. The topological polar surface area (TPSA) is 86.8 Å². The lowest BCUT2D eigenvalue weighted by atomic mass is 10.1. The van der Waals surface area contributed by atoms with Crippen LogP contribution >= 0.6 is 34.8 Å². The Bertz CT molecular complexity index is 1380. The summed E-state index contributed by atoms with van der Waals surface area (Å²) in [6, 6.07) is 17.8. The van der Waals surface area contributed by atoms with Gasteiger partial charge in [-0.25, -0.2) is 8.42 Å². The fourth-order valence-corrected chi connectivity index (χ4v) is 5.82. The fourth-order valence-electron chi connectivity index (χ4n) is 3.76. The minimum atomic E-state index is -4.18. The number of hydrogen-bond donors (Lipinski definition) is 1. The lowest BCUT2D eigenvalue weighted by Crippen LogP contribution is -2.52. The van der Waals surface area contributed by atoms with Crippen molar-refractivity contribution < 1.29 is 18.0 Å². The second-order valence-electron chi connectivity index (χ2n) is 9.02. The largest absolute Gasteiger partial charge is 0.352 e. The maximum Gasteiger partial charge on any atom is 0.264 e. The highest BCUT2D eigenvalue weighted by Gasteiger charge is 2.33. The van der Waals surface area contributed by atoms with Gasteiger partial charge < -0.3 is 10.2 Å². The Labute approximate surface area is 244 Å². The quantitative estimate of drug-likeness (QED) is 0.281. The normalized spacial score (nSPS) is 12.9. The number of sulfonamides is 1. The van der Waals surface area contributed by atoms with Crippen molar-refractivity contribution in [3.05, 3.63) is 93.4 Å². The predicted octanol–water partition coefficient (Wildman–Crippen LogP) is 6.17. The van der Waals surface area contributed by atoms with Crippen molar-refractivity contribution in [1.82, 2.24) is 10.2 Å². The van der Waals surface area contributed by atoms with Gasteiger partial charge in [0, 0.05) is 33.2 Å². The highest BCUT2D eigenvalue weighted by atomic mass is 35.5. The van der Waals surface area contributed by atoms with Gasteiger partial charge >= 0.3 is 0 Å². The van der Waals surface area contributed by atoms with E-state index in [9.17, 15) is 18.0 Å². The molecule has 0 fully saturated rings. The number of anilines is 1. The molecular formula is C28H30Cl3N3O4S. The zero-order chi connectivity index (χ0) is 28.7. The van der Waals surface area contributed by atoms with E-state index in [4.69, 9.17) is 34.8 Å². The van der Waals surface area contributed by atoms with E-state index in [1.165, 1.54) is 29.2 Å². The summed E-state index contributed by atoms with van der Waals surface area (Å²) in [5.41, 5.74) is 0.734. The first-order valence-corrected chi connectivity index (χ1v) is 14.9. The number of carbonyl (C=O) groups is 2. The number of benzene rings is 3. The molecular weight excluding hydrogens is 581 g/mol. The number of halogens is 3. The molecule has 1 N–H and O–H groups in total. The van der Waals surface area contributed by atoms with Crippen LogP contribution in [0.15, 0.2) is 77.7 Å². The summed E-state index contributed by atoms with van der Waals surface area (Å²) in [5, 5.41) is 3.90. The Morgan fingerprint density at radius 3 is 2.03 bits per heavy atom. The van der Waals surface area contributed by atoms with E-state index in [1.54, 1.807) is 55.5 Å². The summed E-state index contributed by atoms with van der Waals surface area (Å²) in [4.78, 5) is 28.3. The summed E-state index contributed by atoms with van der Waals surface area (Å²) >= 11 is 18.8. The number of rotatable bonds is 11. The molecule has 0 spiro atoms. The number of nitrogens with one attached hydrogen (secondary N) is 1. The molecule has 2 amide bonds. The molecule has 0 saturated carbocycles. The van der Waals surface area contributed by atoms with E-state index in [2.05, 4.69) is 5.32 Å². The highest BCUT2D eigenvalue weighted by molar-refractivity contribution is 7.92. The summed E-state index contributed by atoms with van der Waals surface area (Å²) in [7, 11) is -4.18. The Kier molecular flexibility index (Phi) is 10.7. The first-order chi connectivity index (χ1) is 18.4. The second-order valence-corrected chi connectivity index (χ2v) is 12.1. The van der Waals surface area contributed by atoms with Gasteiger partial charge in [-0.1, -0.05) is 66.0 Å². The molecule has 0 bridgehead atoms. The van der Waals surface area contributed by atoms with Crippen molar-refractivity contribution in [2.24, 2.45) is 0 Å². The van der Waals surface area contributed by atoms with Crippen LogP contribution in [0.4, 0.5) is 5.69 Å². The molecule has 208 valence electrons. The molecule has 3 aromatic carbocycles. The monoisotopic (exact) mass is 609 g/mol. The Hall–Kier alpha value is -2.78. The number of hydrogen-bond acceptors (Lipinski definition) is 4. The number of nitrogens with zero attached hydrogens (tertiary/aromatic N) is 2. The van der Waals surface area contributed by atoms with Crippen molar-refractivity contribution in [3.63, 3.8) is 0 Å². The lowest BCUT2D eigenvalue weighted by molar-refractivity contribution is -0.139. The zero-order valence-electron chi connectivity index (χ0n) is 21.8. The molecule has 0 aromatic heterocycles. The summed E-state index contributed by atoms with van der Waals surface area (Å²) in [6.45, 7) is 4.70. The Balaban J connectivity index is 2.04. The first kappa shape index (κ1) is 30.8. The van der Waals surface area contributed by atoms with Crippen LogP contribution in [0.5, 0.6) is 0 Å². The average Bonchev–Trinajstić information content (AvgIpc) is 2.91. The maximum absolute atomic E-state index is 13.9. The van der Waals surface area contributed by atoms with Gasteiger partial charge in [0.1, 0.15) is 12.6 Å². The van der Waals surface area contributed by atoms with Crippen LogP contribution in [-0.2, 0) is 26.2 Å². The van der Waals surface area contributed by atoms with Crippen molar-refractivity contribution in [1.29, 1.82) is 0 Å². The molecule has 3 aromatic rings. The van der Waals surface area contributed by atoms with Gasteiger partial charge in [0.25, 0.3) is 10.0 Å². The predicted molar refractivity (Wildman–Crippen MR) is 157 cm³/mol. The van der Waals surface area contributed by atoms with E-state index in [-0.39, 0.29) is 29.1 Å². The van der Waals surface area contributed by atoms with Crippen LogP contribution in [-0.4, -0.2) is 43.8 Å². The van der Waals surface area contributed by atoms with E-state index in [1.807, 2.05) is 13.8 Å². The van der Waals surface area contributed by atoms with Gasteiger partial charge in [0.2, 0.25) is 11.8 Å². The van der Waals surface area contributed by atoms with Crippen LogP contribution in [0, 0.1) is 0 Å². The molecule has 7 nitrogen and oxygen atoms in total. The van der Waals surface area contributed by atoms with Gasteiger partial charge in [-0.3, -0.25) is 13.9 Å². The van der Waals surface area contributed by atoms with E-state index in [0.29, 0.717) is 27.1 Å². The van der Waals surface area contributed by atoms with Crippen molar-refractivity contribution >= 4 is 62.3 Å². The highest BCUT2D eigenvalue weighted by Crippen LogP contribution is 2.28. The fraction of sp³-hybridized carbons (Fsp3) is 0.286. The molecule has 39 heavy (non-hydrogen) atoms. The third-order valence-corrected chi connectivity index (χ3v) is 9.03. The molecule has 0 saturated heterocycles. The summed E-state index contributed by atoms with van der Waals surface area (Å²) < 4.78 is 28.5. The number of para-hydroxylation sites is 1. The molecule has 0 heterocycles. The lowest BCUT2D eigenvalue weighted by Gasteiger charge is -2.32. The molecule has 0 aliphatic carbocycles. The molecule has 0 aliphatic heterocycles. The van der Waals surface area contributed by atoms with Crippen molar-refractivity contribution in [3.8, 4) is 0 Å². The van der Waals surface area contributed by atoms with Gasteiger partial charge in [0.15, 0.2) is 0 Å². The van der Waals surface area contributed by atoms with Gasteiger partial charge in [-0.15, -0.1) is 0 Å². The maximum atomic E-state index is 13.9. The minimum absolute atomic E-state index is 0.0354. The third-order valence-electron chi connectivity index (χ3n) is 6.28. The Morgan fingerprint density at radius 1 is 0.872 bits per heavy atom. The SMILES string of the molecule is CC[C@H](C)NC(=O)[C@@H](C)N(Cc1c(Cl)cccc1Cl)C(=O)CN(c1ccccc1)S(=O)(=O)c1ccc(Cl)cc1. The number of carbonyl (C=O) groups excluding carboxylic acids is 2. The first-order valence-electron chi connectivity index (χ1n) is 12.3. The molecule has 11 heteroatoms. The van der Waals surface area contributed by atoms with Crippen LogP contribution in [0.2, 0.25) is 15.1 Å². The van der Waals surface area contributed by atoms with Gasteiger partial charge in [-0.05, 0) is 68.8 Å². The van der Waals surface area contributed by atoms with Crippen molar-refractivity contribution in [2.75, 3.05) is 10.8 Å². The summed E-state index contributed by atoms with van der Waals surface area (Å²) in [6.07, 6.45) is 0.698. The molecule has 3 rings (SSSR count). The average molecular weight is 611 g/mol. The molecule has 2 atom stereocenters. The van der Waals surface area contributed by atoms with Crippen LogP contribution in [0.1, 0.15) is 32.8 Å². The number of amides is 2. The van der Waals surface area contributed by atoms with Crippen LogP contribution < -0.4 is 9.62 Å².